The molecule has 4 nitrogen and oxygen atoms in total. The zero-order valence-corrected chi connectivity index (χ0v) is 11.8. The third kappa shape index (κ3) is 3.83. The number of hydrogen-bond donors (Lipinski definition) is 2. The maximum absolute atomic E-state index is 5.99. The van der Waals surface area contributed by atoms with Gasteiger partial charge in [-0.2, -0.15) is 4.98 Å². The van der Waals surface area contributed by atoms with Gasteiger partial charge in [-0.1, -0.05) is 25.3 Å². The fourth-order valence-electron chi connectivity index (χ4n) is 2.77. The lowest BCUT2D eigenvalue weighted by Crippen LogP contribution is -2.39. The standard InChI is InChI=1S/C15H25N3O/c1-2-19-14-8-6-7-13(18-14)17-12-15(11-16)9-4-3-5-10-15/h6-8H,2-5,9-12,16H2,1H3,(H,17,18). The molecule has 0 aromatic carbocycles. The van der Waals surface area contributed by atoms with Crippen LogP contribution in [0.1, 0.15) is 39.0 Å². The van der Waals surface area contributed by atoms with Gasteiger partial charge in [-0.05, 0) is 37.8 Å². The molecule has 1 aromatic heterocycles. The lowest BCUT2D eigenvalue weighted by Gasteiger charge is -2.36. The van der Waals surface area contributed by atoms with Crippen molar-refractivity contribution in [3.63, 3.8) is 0 Å². The van der Waals surface area contributed by atoms with E-state index >= 15 is 0 Å². The quantitative estimate of drug-likeness (QED) is 0.828. The molecule has 0 radical (unpaired) electrons. The molecule has 1 aliphatic rings. The van der Waals surface area contributed by atoms with Crippen molar-refractivity contribution in [2.24, 2.45) is 11.1 Å². The van der Waals surface area contributed by atoms with E-state index in [1.807, 2.05) is 25.1 Å². The summed E-state index contributed by atoms with van der Waals surface area (Å²) in [6.07, 6.45) is 6.39. The molecule has 3 N–H and O–H groups in total. The molecule has 1 aromatic rings. The minimum atomic E-state index is 0.252. The Bertz CT molecular complexity index is 389. The maximum Gasteiger partial charge on any atom is 0.215 e. The highest BCUT2D eigenvalue weighted by atomic mass is 16.5. The van der Waals surface area contributed by atoms with Crippen molar-refractivity contribution in [2.75, 3.05) is 25.0 Å². The van der Waals surface area contributed by atoms with Crippen molar-refractivity contribution in [2.45, 2.75) is 39.0 Å². The van der Waals surface area contributed by atoms with Crippen LogP contribution in [0.3, 0.4) is 0 Å². The van der Waals surface area contributed by atoms with Gasteiger partial charge < -0.3 is 15.8 Å². The number of rotatable bonds is 6. The zero-order valence-electron chi connectivity index (χ0n) is 11.8. The molecular formula is C15H25N3O. The molecule has 0 amide bonds. The highest BCUT2D eigenvalue weighted by molar-refractivity contribution is 5.37. The normalized spacial score (nSPS) is 18.0. The van der Waals surface area contributed by atoms with Gasteiger partial charge in [-0.3, -0.25) is 0 Å². The molecule has 0 atom stereocenters. The fraction of sp³-hybridized carbons (Fsp3) is 0.667. The molecular weight excluding hydrogens is 238 g/mol. The topological polar surface area (TPSA) is 60.2 Å². The van der Waals surface area contributed by atoms with Crippen molar-refractivity contribution in [3.8, 4) is 5.88 Å². The lowest BCUT2D eigenvalue weighted by atomic mass is 9.74. The fourth-order valence-corrected chi connectivity index (χ4v) is 2.77. The van der Waals surface area contributed by atoms with E-state index in [2.05, 4.69) is 10.3 Å². The second kappa shape index (κ2) is 6.75. The van der Waals surface area contributed by atoms with Crippen LogP contribution in [-0.4, -0.2) is 24.7 Å². The highest BCUT2D eigenvalue weighted by Crippen LogP contribution is 2.35. The van der Waals surface area contributed by atoms with Crippen LogP contribution < -0.4 is 15.8 Å². The smallest absolute Gasteiger partial charge is 0.215 e. The Labute approximate surface area is 115 Å². The van der Waals surface area contributed by atoms with Gasteiger partial charge >= 0.3 is 0 Å². The van der Waals surface area contributed by atoms with Gasteiger partial charge in [0, 0.05) is 12.6 Å². The number of ether oxygens (including phenoxy) is 1. The Morgan fingerprint density at radius 2 is 2.11 bits per heavy atom. The van der Waals surface area contributed by atoms with E-state index in [1.54, 1.807) is 0 Å². The Morgan fingerprint density at radius 1 is 1.32 bits per heavy atom. The Morgan fingerprint density at radius 3 is 2.79 bits per heavy atom. The molecule has 0 spiro atoms. The molecule has 106 valence electrons. The van der Waals surface area contributed by atoms with Crippen molar-refractivity contribution in [1.29, 1.82) is 0 Å². The summed E-state index contributed by atoms with van der Waals surface area (Å²) < 4.78 is 5.41. The maximum atomic E-state index is 5.99. The predicted octanol–water partition coefficient (Wildman–Crippen LogP) is 2.80. The van der Waals surface area contributed by atoms with Gasteiger partial charge in [-0.15, -0.1) is 0 Å². The van der Waals surface area contributed by atoms with Gasteiger partial charge in [-0.25, -0.2) is 0 Å². The van der Waals surface area contributed by atoms with Gasteiger partial charge in [0.05, 0.1) is 6.61 Å². The van der Waals surface area contributed by atoms with Gasteiger partial charge in [0.15, 0.2) is 0 Å². The summed E-state index contributed by atoms with van der Waals surface area (Å²) in [5, 5.41) is 3.43. The monoisotopic (exact) mass is 263 g/mol. The van der Waals surface area contributed by atoms with Crippen LogP contribution in [0.25, 0.3) is 0 Å². The van der Waals surface area contributed by atoms with Crippen LogP contribution in [0, 0.1) is 5.41 Å². The molecule has 0 bridgehead atoms. The first-order chi connectivity index (χ1) is 9.28. The molecule has 2 rings (SSSR count). The molecule has 0 aliphatic heterocycles. The summed E-state index contributed by atoms with van der Waals surface area (Å²) in [6, 6.07) is 5.83. The van der Waals surface area contributed by atoms with Crippen molar-refractivity contribution in [3.05, 3.63) is 18.2 Å². The van der Waals surface area contributed by atoms with Crippen molar-refractivity contribution < 1.29 is 4.74 Å². The first-order valence-electron chi connectivity index (χ1n) is 7.32. The molecule has 1 aliphatic carbocycles. The number of nitrogens with one attached hydrogen (secondary N) is 1. The third-order valence-electron chi connectivity index (χ3n) is 4.01. The van der Waals surface area contributed by atoms with E-state index in [0.717, 1.165) is 18.9 Å². The van der Waals surface area contributed by atoms with E-state index in [4.69, 9.17) is 10.5 Å². The number of aromatic nitrogens is 1. The van der Waals surface area contributed by atoms with E-state index in [9.17, 15) is 0 Å². The summed E-state index contributed by atoms with van der Waals surface area (Å²) in [6.45, 7) is 4.27. The second-order valence-electron chi connectivity index (χ2n) is 5.41. The SMILES string of the molecule is CCOc1cccc(NCC2(CN)CCCCC2)n1. The summed E-state index contributed by atoms with van der Waals surface area (Å²) in [4.78, 5) is 4.44. The Kier molecular flexibility index (Phi) is 5.02. The minimum absolute atomic E-state index is 0.252. The van der Waals surface area contributed by atoms with E-state index in [0.29, 0.717) is 12.5 Å². The predicted molar refractivity (Wildman–Crippen MR) is 78.5 cm³/mol. The third-order valence-corrected chi connectivity index (χ3v) is 4.01. The van der Waals surface area contributed by atoms with Crippen molar-refractivity contribution >= 4 is 5.82 Å². The molecule has 0 saturated heterocycles. The average molecular weight is 263 g/mol. The number of pyridine rings is 1. The van der Waals surface area contributed by atoms with Gasteiger partial charge in [0.25, 0.3) is 0 Å². The number of nitrogens with two attached hydrogens (primary N) is 1. The largest absolute Gasteiger partial charge is 0.478 e. The van der Waals surface area contributed by atoms with E-state index < -0.39 is 0 Å². The number of hydrogen-bond acceptors (Lipinski definition) is 4. The van der Waals surface area contributed by atoms with Crippen molar-refractivity contribution in [1.82, 2.24) is 4.98 Å². The summed E-state index contributed by atoms with van der Waals surface area (Å²) in [5.41, 5.74) is 6.25. The second-order valence-corrected chi connectivity index (χ2v) is 5.41. The molecule has 0 unspecified atom stereocenters. The van der Waals surface area contributed by atoms with Crippen LogP contribution in [0.5, 0.6) is 5.88 Å². The molecule has 4 heteroatoms. The first kappa shape index (κ1) is 14.1. The molecule has 1 heterocycles. The Hall–Kier alpha value is -1.29. The van der Waals surface area contributed by atoms with Crippen LogP contribution in [0.2, 0.25) is 0 Å². The molecule has 19 heavy (non-hydrogen) atoms. The van der Waals surface area contributed by atoms with Crippen LogP contribution in [0.15, 0.2) is 18.2 Å². The van der Waals surface area contributed by atoms with E-state index in [1.165, 1.54) is 32.1 Å². The Balaban J connectivity index is 1.94. The average Bonchev–Trinajstić information content (AvgIpc) is 2.47. The van der Waals surface area contributed by atoms with Crippen LogP contribution >= 0.6 is 0 Å². The van der Waals surface area contributed by atoms with Crippen LogP contribution in [-0.2, 0) is 0 Å². The summed E-state index contributed by atoms with van der Waals surface area (Å²) >= 11 is 0. The first-order valence-corrected chi connectivity index (χ1v) is 7.32. The zero-order chi connectivity index (χ0) is 13.6. The van der Waals surface area contributed by atoms with Crippen LogP contribution in [0.4, 0.5) is 5.82 Å². The number of anilines is 1. The lowest BCUT2D eigenvalue weighted by molar-refractivity contribution is 0.215. The molecule has 1 fully saturated rings. The number of nitrogens with zero attached hydrogens (tertiary/aromatic N) is 1. The highest BCUT2D eigenvalue weighted by Gasteiger charge is 2.30. The van der Waals surface area contributed by atoms with Gasteiger partial charge in [0.2, 0.25) is 5.88 Å². The summed E-state index contributed by atoms with van der Waals surface area (Å²) in [7, 11) is 0. The van der Waals surface area contributed by atoms with Gasteiger partial charge in [0.1, 0.15) is 5.82 Å². The summed E-state index contributed by atoms with van der Waals surface area (Å²) in [5.74, 6) is 1.56. The minimum Gasteiger partial charge on any atom is -0.478 e. The molecule has 1 saturated carbocycles. The van der Waals surface area contributed by atoms with E-state index in [-0.39, 0.29) is 5.41 Å².